The van der Waals surface area contributed by atoms with Crippen molar-refractivity contribution in [2.24, 2.45) is 5.84 Å². The fourth-order valence-electron chi connectivity index (χ4n) is 1.83. The predicted octanol–water partition coefficient (Wildman–Crippen LogP) is 2.22. The van der Waals surface area contributed by atoms with Gasteiger partial charge in [-0.2, -0.15) is 0 Å². The minimum absolute atomic E-state index is 0.259. The van der Waals surface area contributed by atoms with Crippen molar-refractivity contribution >= 4 is 0 Å². The Morgan fingerprint density at radius 3 is 2.50 bits per heavy atom. The van der Waals surface area contributed by atoms with E-state index in [0.717, 1.165) is 11.8 Å². The smallest absolute Gasteiger partial charge is 0.146 e. The third kappa shape index (κ3) is 2.37. The molecule has 1 atom stereocenters. The molecule has 0 saturated carbocycles. The number of aromatic nitrogens is 1. The van der Waals surface area contributed by atoms with Crippen molar-refractivity contribution in [1.82, 2.24) is 10.4 Å². The second-order valence-corrected chi connectivity index (χ2v) is 4.02. The first-order valence-electron chi connectivity index (χ1n) is 5.45. The molecule has 0 radical (unpaired) electrons. The van der Waals surface area contributed by atoms with Gasteiger partial charge in [-0.3, -0.25) is 10.8 Å². The van der Waals surface area contributed by atoms with E-state index in [2.05, 4.69) is 10.4 Å². The Morgan fingerprint density at radius 2 is 1.89 bits per heavy atom. The molecular formula is C13H13F2N3. The van der Waals surface area contributed by atoms with Crippen LogP contribution in [0.2, 0.25) is 0 Å². The molecule has 1 aromatic heterocycles. The highest BCUT2D eigenvalue weighted by atomic mass is 19.1. The Kier molecular flexibility index (Phi) is 3.64. The zero-order valence-electron chi connectivity index (χ0n) is 9.82. The zero-order valence-corrected chi connectivity index (χ0v) is 9.82. The average molecular weight is 249 g/mol. The standard InChI is InChI=1S/C13H13F2N3/c1-8-2-3-9(11(14)6-8)13(18-16)10-4-5-17-7-12(10)15/h2-7,13,18H,16H2,1H3. The monoisotopic (exact) mass is 249 g/mol. The molecule has 1 unspecified atom stereocenters. The molecule has 0 bridgehead atoms. The molecular weight excluding hydrogens is 236 g/mol. The topological polar surface area (TPSA) is 50.9 Å². The third-order valence-corrected chi connectivity index (χ3v) is 2.75. The molecule has 18 heavy (non-hydrogen) atoms. The SMILES string of the molecule is Cc1ccc(C(NN)c2ccncc2F)c(F)c1. The van der Waals surface area contributed by atoms with Crippen molar-refractivity contribution in [1.29, 1.82) is 0 Å². The van der Waals surface area contributed by atoms with Gasteiger partial charge in [0.05, 0.1) is 12.2 Å². The quantitative estimate of drug-likeness (QED) is 0.647. The van der Waals surface area contributed by atoms with Gasteiger partial charge in [-0.25, -0.2) is 14.2 Å². The minimum Gasteiger partial charge on any atom is -0.271 e. The van der Waals surface area contributed by atoms with E-state index in [1.807, 2.05) is 0 Å². The summed E-state index contributed by atoms with van der Waals surface area (Å²) in [6.07, 6.45) is 2.51. The lowest BCUT2D eigenvalue weighted by atomic mass is 9.98. The van der Waals surface area contributed by atoms with E-state index in [0.29, 0.717) is 5.56 Å². The second-order valence-electron chi connectivity index (χ2n) is 4.02. The average Bonchev–Trinajstić information content (AvgIpc) is 2.34. The molecule has 2 aromatic rings. The highest BCUT2D eigenvalue weighted by molar-refractivity contribution is 5.34. The molecule has 1 heterocycles. The number of hydrogen-bond acceptors (Lipinski definition) is 3. The summed E-state index contributed by atoms with van der Waals surface area (Å²) < 4.78 is 27.5. The van der Waals surface area contributed by atoms with Crippen LogP contribution in [0.25, 0.3) is 0 Å². The van der Waals surface area contributed by atoms with Crippen LogP contribution in [-0.4, -0.2) is 4.98 Å². The van der Waals surface area contributed by atoms with Gasteiger partial charge in [0.15, 0.2) is 0 Å². The van der Waals surface area contributed by atoms with Gasteiger partial charge >= 0.3 is 0 Å². The lowest BCUT2D eigenvalue weighted by Crippen LogP contribution is -2.30. The maximum atomic E-state index is 13.9. The van der Waals surface area contributed by atoms with Gasteiger partial charge in [0, 0.05) is 17.3 Å². The molecule has 2 rings (SSSR count). The number of hydrogen-bond donors (Lipinski definition) is 2. The number of nitrogens with two attached hydrogens (primary N) is 1. The lowest BCUT2D eigenvalue weighted by Gasteiger charge is -2.18. The van der Waals surface area contributed by atoms with Crippen LogP contribution in [0.15, 0.2) is 36.7 Å². The number of hydrazine groups is 1. The molecule has 3 N–H and O–H groups in total. The minimum atomic E-state index is -0.742. The van der Waals surface area contributed by atoms with Crippen LogP contribution < -0.4 is 11.3 Å². The summed E-state index contributed by atoms with van der Waals surface area (Å²) in [6, 6.07) is 5.46. The van der Waals surface area contributed by atoms with Gasteiger partial charge in [0.25, 0.3) is 0 Å². The summed E-state index contributed by atoms with van der Waals surface area (Å²) in [5.74, 6) is 4.46. The number of pyridine rings is 1. The van der Waals surface area contributed by atoms with Crippen molar-refractivity contribution in [3.8, 4) is 0 Å². The van der Waals surface area contributed by atoms with E-state index in [4.69, 9.17) is 5.84 Å². The molecule has 94 valence electrons. The zero-order chi connectivity index (χ0) is 13.1. The highest BCUT2D eigenvalue weighted by Gasteiger charge is 2.19. The highest BCUT2D eigenvalue weighted by Crippen LogP contribution is 2.25. The summed E-state index contributed by atoms with van der Waals surface area (Å²) in [7, 11) is 0. The van der Waals surface area contributed by atoms with E-state index in [-0.39, 0.29) is 5.56 Å². The van der Waals surface area contributed by atoms with Gasteiger partial charge in [-0.15, -0.1) is 0 Å². The molecule has 0 aliphatic rings. The summed E-state index contributed by atoms with van der Waals surface area (Å²) in [4.78, 5) is 3.65. The first-order chi connectivity index (χ1) is 8.63. The summed E-state index contributed by atoms with van der Waals surface area (Å²) >= 11 is 0. The molecule has 0 aliphatic heterocycles. The Morgan fingerprint density at radius 1 is 1.17 bits per heavy atom. The van der Waals surface area contributed by atoms with Gasteiger partial charge in [-0.1, -0.05) is 12.1 Å². The number of benzene rings is 1. The molecule has 5 heteroatoms. The van der Waals surface area contributed by atoms with Crippen molar-refractivity contribution < 1.29 is 8.78 Å². The fourth-order valence-corrected chi connectivity index (χ4v) is 1.83. The largest absolute Gasteiger partial charge is 0.271 e. The van der Waals surface area contributed by atoms with Gasteiger partial charge in [0.1, 0.15) is 11.6 Å². The van der Waals surface area contributed by atoms with E-state index < -0.39 is 17.7 Å². The third-order valence-electron chi connectivity index (χ3n) is 2.75. The molecule has 0 spiro atoms. The summed E-state index contributed by atoms with van der Waals surface area (Å²) in [6.45, 7) is 1.78. The molecule has 0 amide bonds. The number of nitrogens with one attached hydrogen (secondary N) is 1. The Balaban J connectivity index is 2.49. The molecule has 3 nitrogen and oxygen atoms in total. The Labute approximate surface area is 104 Å². The van der Waals surface area contributed by atoms with Crippen LogP contribution in [-0.2, 0) is 0 Å². The summed E-state index contributed by atoms with van der Waals surface area (Å²) in [5.41, 5.74) is 3.78. The molecule has 1 aromatic carbocycles. The first kappa shape index (κ1) is 12.6. The van der Waals surface area contributed by atoms with Crippen LogP contribution in [0.5, 0.6) is 0 Å². The number of nitrogens with zero attached hydrogens (tertiary/aromatic N) is 1. The fraction of sp³-hybridized carbons (Fsp3) is 0.154. The van der Waals surface area contributed by atoms with E-state index in [1.165, 1.54) is 18.3 Å². The van der Waals surface area contributed by atoms with E-state index in [1.54, 1.807) is 19.1 Å². The van der Waals surface area contributed by atoms with Crippen LogP contribution in [0.3, 0.4) is 0 Å². The first-order valence-corrected chi connectivity index (χ1v) is 5.45. The van der Waals surface area contributed by atoms with Crippen LogP contribution in [0.1, 0.15) is 22.7 Å². The van der Waals surface area contributed by atoms with Crippen molar-refractivity contribution in [3.63, 3.8) is 0 Å². The molecule has 0 aliphatic carbocycles. The van der Waals surface area contributed by atoms with Gasteiger partial charge < -0.3 is 0 Å². The van der Waals surface area contributed by atoms with Crippen LogP contribution in [0.4, 0.5) is 8.78 Å². The van der Waals surface area contributed by atoms with E-state index in [9.17, 15) is 8.78 Å². The van der Waals surface area contributed by atoms with Crippen LogP contribution >= 0.6 is 0 Å². The van der Waals surface area contributed by atoms with Crippen molar-refractivity contribution in [2.45, 2.75) is 13.0 Å². The number of aryl methyl sites for hydroxylation is 1. The van der Waals surface area contributed by atoms with E-state index >= 15 is 0 Å². The number of halogens is 2. The van der Waals surface area contributed by atoms with Gasteiger partial charge in [0.2, 0.25) is 0 Å². The van der Waals surface area contributed by atoms with Crippen molar-refractivity contribution in [2.75, 3.05) is 0 Å². The number of rotatable bonds is 3. The molecule has 0 saturated heterocycles. The maximum Gasteiger partial charge on any atom is 0.146 e. The predicted molar refractivity (Wildman–Crippen MR) is 64.5 cm³/mol. The van der Waals surface area contributed by atoms with Crippen LogP contribution in [0, 0.1) is 18.6 Å². The Bertz CT molecular complexity index is 558. The Hall–Kier alpha value is -1.85. The normalized spacial score (nSPS) is 12.4. The van der Waals surface area contributed by atoms with Gasteiger partial charge in [-0.05, 0) is 24.6 Å². The second kappa shape index (κ2) is 5.20. The summed E-state index contributed by atoms with van der Waals surface area (Å²) in [5, 5.41) is 0. The van der Waals surface area contributed by atoms with Crippen molar-refractivity contribution in [3.05, 3.63) is 65.0 Å². The molecule has 0 fully saturated rings. The maximum absolute atomic E-state index is 13.9. The lowest BCUT2D eigenvalue weighted by molar-refractivity contribution is 0.528.